The summed E-state index contributed by atoms with van der Waals surface area (Å²) in [5.74, 6) is 0.693. The van der Waals surface area contributed by atoms with E-state index in [1.165, 1.54) is 37.1 Å². The highest BCUT2D eigenvalue weighted by Gasteiger charge is 2.31. The summed E-state index contributed by atoms with van der Waals surface area (Å²) in [5.41, 5.74) is 12.1. The number of fused-ring (bicyclic) bond motifs is 1. The average Bonchev–Trinajstić information content (AvgIpc) is 3.41. The number of nitrogens with zero attached hydrogens (tertiary/aromatic N) is 4. The van der Waals surface area contributed by atoms with E-state index in [2.05, 4.69) is 76.9 Å². The van der Waals surface area contributed by atoms with Crippen molar-refractivity contribution in [3.63, 3.8) is 0 Å². The minimum Gasteiger partial charge on any atom is -0.463 e. The van der Waals surface area contributed by atoms with Crippen LogP contribution in [0, 0.1) is 0 Å². The predicted molar refractivity (Wildman–Crippen MR) is 147 cm³/mol. The van der Waals surface area contributed by atoms with Crippen molar-refractivity contribution >= 4 is 17.5 Å². The molecule has 0 atom stereocenters. The lowest BCUT2D eigenvalue weighted by molar-refractivity contribution is -0.115. The highest BCUT2D eigenvalue weighted by molar-refractivity contribution is 6.08. The van der Waals surface area contributed by atoms with E-state index in [0.717, 1.165) is 36.1 Å². The third kappa shape index (κ3) is 5.67. The summed E-state index contributed by atoms with van der Waals surface area (Å²) in [6, 6.07) is 17.3. The third-order valence-electron chi connectivity index (χ3n) is 7.08. The smallest absolute Gasteiger partial charge is 0.320 e. The molecule has 2 aliphatic rings. The van der Waals surface area contributed by atoms with Crippen LogP contribution in [0.2, 0.25) is 0 Å². The number of benzene rings is 2. The molecule has 0 bridgehead atoms. The quantitative estimate of drug-likeness (QED) is 0.325. The largest absolute Gasteiger partial charge is 0.463 e. The first-order chi connectivity index (χ1) is 18.0. The number of carbonyl (C=O) groups is 1. The van der Waals surface area contributed by atoms with Crippen molar-refractivity contribution in [2.24, 2.45) is 0 Å². The normalized spacial score (nSPS) is 15.8. The lowest BCUT2D eigenvalue weighted by Crippen LogP contribution is -2.37. The molecule has 0 saturated carbocycles. The Hall–Kier alpha value is -3.71. The number of nitrogens with two attached hydrogens (primary N) is 1. The molecule has 0 aliphatic carbocycles. The van der Waals surface area contributed by atoms with E-state index in [-0.39, 0.29) is 11.9 Å². The van der Waals surface area contributed by atoms with Crippen molar-refractivity contribution in [1.29, 1.82) is 0 Å². The molecule has 3 aromatic rings. The second-order valence-corrected chi connectivity index (χ2v) is 9.95. The van der Waals surface area contributed by atoms with Gasteiger partial charge in [0, 0.05) is 24.1 Å². The summed E-state index contributed by atoms with van der Waals surface area (Å²) in [4.78, 5) is 26.2. The molecule has 0 spiro atoms. The molecular weight excluding hydrogens is 462 g/mol. The Morgan fingerprint density at radius 3 is 2.54 bits per heavy atom. The van der Waals surface area contributed by atoms with Crippen molar-refractivity contribution in [2.45, 2.75) is 52.1 Å². The molecule has 1 fully saturated rings. The van der Waals surface area contributed by atoms with E-state index in [0.29, 0.717) is 36.8 Å². The van der Waals surface area contributed by atoms with Crippen LogP contribution in [0.3, 0.4) is 0 Å². The number of hydrogen-bond donors (Lipinski definition) is 1. The van der Waals surface area contributed by atoms with Gasteiger partial charge in [0.25, 0.3) is 5.91 Å². The molecule has 5 rings (SSSR count). The zero-order chi connectivity index (χ0) is 25.8. The first-order valence-electron chi connectivity index (χ1n) is 13.2. The maximum atomic E-state index is 13.1. The number of anilines is 2. The van der Waals surface area contributed by atoms with Crippen LogP contribution in [-0.4, -0.2) is 40.5 Å². The van der Waals surface area contributed by atoms with Crippen LogP contribution < -0.4 is 15.4 Å². The lowest BCUT2D eigenvalue weighted by Gasteiger charge is -2.30. The maximum Gasteiger partial charge on any atom is 0.320 e. The first-order valence-corrected chi connectivity index (χ1v) is 13.2. The highest BCUT2D eigenvalue weighted by atomic mass is 16.5. The second-order valence-electron chi connectivity index (χ2n) is 9.95. The Kier molecular flexibility index (Phi) is 7.51. The van der Waals surface area contributed by atoms with E-state index in [4.69, 9.17) is 10.5 Å². The first kappa shape index (κ1) is 25.0. The van der Waals surface area contributed by atoms with Crippen LogP contribution in [0.15, 0.2) is 60.7 Å². The van der Waals surface area contributed by atoms with Gasteiger partial charge in [-0.2, -0.15) is 9.97 Å². The Balaban J connectivity index is 1.35. The van der Waals surface area contributed by atoms with E-state index in [1.807, 2.05) is 0 Å². The van der Waals surface area contributed by atoms with Gasteiger partial charge in [-0.3, -0.25) is 14.6 Å². The summed E-state index contributed by atoms with van der Waals surface area (Å²) < 4.78 is 5.70. The van der Waals surface area contributed by atoms with Crippen LogP contribution in [0.1, 0.15) is 49.3 Å². The number of ether oxygens (including phenoxy) is 1. The summed E-state index contributed by atoms with van der Waals surface area (Å²) >= 11 is 0. The van der Waals surface area contributed by atoms with Crippen LogP contribution >= 0.6 is 0 Å². The van der Waals surface area contributed by atoms with Crippen molar-refractivity contribution < 1.29 is 9.53 Å². The SMILES string of the molecule is C=C1Cc2c(N)nc(OCCCC)nc2N(Cc2ccc(-c3cccc(CN4CCCC4)c3)cc2)C1=O. The van der Waals surface area contributed by atoms with E-state index in [1.54, 1.807) is 4.90 Å². The topological polar surface area (TPSA) is 84.6 Å². The zero-order valence-electron chi connectivity index (χ0n) is 21.6. The number of nitrogen functional groups attached to an aromatic ring is 1. The van der Waals surface area contributed by atoms with Gasteiger partial charge in [-0.15, -0.1) is 0 Å². The molecule has 7 nitrogen and oxygen atoms in total. The monoisotopic (exact) mass is 497 g/mol. The molecule has 1 aromatic heterocycles. The maximum absolute atomic E-state index is 13.1. The fourth-order valence-corrected chi connectivity index (χ4v) is 4.99. The van der Waals surface area contributed by atoms with Crippen LogP contribution in [0.25, 0.3) is 11.1 Å². The van der Waals surface area contributed by atoms with Gasteiger partial charge in [0.2, 0.25) is 0 Å². The molecule has 1 amide bonds. The number of rotatable bonds is 9. The Labute approximate surface area is 219 Å². The summed E-state index contributed by atoms with van der Waals surface area (Å²) in [6.07, 6.45) is 4.84. The van der Waals surface area contributed by atoms with E-state index in [9.17, 15) is 4.79 Å². The van der Waals surface area contributed by atoms with Crippen LogP contribution in [0.4, 0.5) is 11.6 Å². The van der Waals surface area contributed by atoms with Crippen molar-refractivity contribution in [3.05, 3.63) is 77.4 Å². The lowest BCUT2D eigenvalue weighted by atomic mass is 9.99. The van der Waals surface area contributed by atoms with Gasteiger partial charge >= 0.3 is 6.01 Å². The molecule has 2 N–H and O–H groups in total. The van der Waals surface area contributed by atoms with Crippen LogP contribution in [0.5, 0.6) is 6.01 Å². The molecule has 0 radical (unpaired) electrons. The van der Waals surface area contributed by atoms with Gasteiger partial charge in [0.15, 0.2) is 0 Å². The second kappa shape index (κ2) is 11.1. The van der Waals surface area contributed by atoms with Gasteiger partial charge in [0.1, 0.15) is 11.6 Å². The van der Waals surface area contributed by atoms with Gasteiger partial charge in [-0.1, -0.05) is 62.4 Å². The number of likely N-dealkylation sites (tertiary alicyclic amines) is 1. The molecule has 2 aromatic carbocycles. The number of unbranched alkanes of at least 4 members (excludes halogenated alkanes) is 1. The van der Waals surface area contributed by atoms with Crippen LogP contribution in [-0.2, 0) is 24.3 Å². The molecule has 1 saturated heterocycles. The molecular formula is C30H35N5O2. The van der Waals surface area contributed by atoms with Gasteiger partial charge < -0.3 is 10.5 Å². The molecule has 37 heavy (non-hydrogen) atoms. The predicted octanol–water partition coefficient (Wildman–Crippen LogP) is 5.15. The molecule has 7 heteroatoms. The van der Waals surface area contributed by atoms with Gasteiger partial charge in [0.05, 0.1) is 13.2 Å². The average molecular weight is 498 g/mol. The summed E-state index contributed by atoms with van der Waals surface area (Å²) in [6.45, 7) is 10.3. The summed E-state index contributed by atoms with van der Waals surface area (Å²) in [5, 5.41) is 0. The Bertz CT molecular complexity index is 1280. The molecule has 0 unspecified atom stereocenters. The highest BCUT2D eigenvalue weighted by Crippen LogP contribution is 2.34. The Morgan fingerprint density at radius 1 is 1.00 bits per heavy atom. The zero-order valence-corrected chi connectivity index (χ0v) is 21.6. The number of aromatic nitrogens is 2. The third-order valence-corrected chi connectivity index (χ3v) is 7.08. The fraction of sp³-hybridized carbons (Fsp3) is 0.367. The van der Waals surface area contributed by atoms with Gasteiger partial charge in [-0.05, 0) is 60.7 Å². The minimum absolute atomic E-state index is 0.149. The number of carbonyl (C=O) groups excluding carboxylic acids is 1. The molecule has 192 valence electrons. The number of hydrogen-bond acceptors (Lipinski definition) is 6. The summed E-state index contributed by atoms with van der Waals surface area (Å²) in [7, 11) is 0. The van der Waals surface area contributed by atoms with E-state index >= 15 is 0 Å². The Morgan fingerprint density at radius 2 is 1.78 bits per heavy atom. The molecule has 2 aliphatic heterocycles. The minimum atomic E-state index is -0.149. The molecule has 3 heterocycles. The standard InChI is InChI=1S/C30H35N5O2/c1-3-4-16-37-30-32-27(31)26-17-21(2)29(36)35(28(26)33-30)20-22-10-12-24(13-11-22)25-9-7-8-23(18-25)19-34-14-5-6-15-34/h7-13,18H,2-6,14-17,19-20H2,1H3,(H2,31,32,33). The van der Waals surface area contributed by atoms with Crippen molar-refractivity contribution in [3.8, 4) is 17.1 Å². The number of amides is 1. The fourth-order valence-electron chi connectivity index (χ4n) is 4.99. The van der Waals surface area contributed by atoms with E-state index < -0.39 is 0 Å². The van der Waals surface area contributed by atoms with Gasteiger partial charge in [-0.25, -0.2) is 0 Å². The van der Waals surface area contributed by atoms with Crippen molar-refractivity contribution in [2.75, 3.05) is 30.3 Å². The van der Waals surface area contributed by atoms with Crippen molar-refractivity contribution in [1.82, 2.24) is 14.9 Å².